The summed E-state index contributed by atoms with van der Waals surface area (Å²) in [6.07, 6.45) is 0. The van der Waals surface area contributed by atoms with Crippen molar-refractivity contribution in [1.82, 2.24) is 4.31 Å². The highest BCUT2D eigenvalue weighted by Gasteiger charge is 2.49. The molecule has 1 fully saturated rings. The molecule has 4 nitrogen and oxygen atoms in total. The molecule has 0 radical (unpaired) electrons. The first-order valence-corrected chi connectivity index (χ1v) is 8.74. The minimum absolute atomic E-state index is 0.0467. The number of benzene rings is 1. The maximum atomic E-state index is 12.9. The molecular weight excluding hydrogens is 286 g/mol. The molecule has 118 valence electrons. The Hall–Kier alpha value is -0.910. The summed E-state index contributed by atoms with van der Waals surface area (Å²) in [6, 6.07) is 2.02. The predicted octanol–water partition coefficient (Wildman–Crippen LogP) is 2.31. The van der Waals surface area contributed by atoms with Gasteiger partial charge in [0.15, 0.2) is 0 Å². The molecule has 1 aromatic rings. The smallest absolute Gasteiger partial charge is 0.243 e. The fourth-order valence-corrected chi connectivity index (χ4v) is 4.94. The third-order valence-corrected chi connectivity index (χ3v) is 6.94. The maximum absolute atomic E-state index is 12.9. The summed E-state index contributed by atoms with van der Waals surface area (Å²) in [7, 11) is -3.54. The van der Waals surface area contributed by atoms with Crippen LogP contribution in [0, 0.1) is 33.6 Å². The number of aliphatic hydroxyl groups is 1. The Balaban J connectivity index is 2.44. The van der Waals surface area contributed by atoms with Crippen LogP contribution in [0.5, 0.6) is 0 Å². The van der Waals surface area contributed by atoms with Gasteiger partial charge in [-0.1, -0.05) is 19.9 Å². The second-order valence-corrected chi connectivity index (χ2v) is 8.50. The Morgan fingerprint density at radius 1 is 1.10 bits per heavy atom. The summed E-state index contributed by atoms with van der Waals surface area (Å²) in [5.74, 6) is 0.0467. The van der Waals surface area contributed by atoms with Gasteiger partial charge >= 0.3 is 0 Å². The topological polar surface area (TPSA) is 57.6 Å². The second kappa shape index (κ2) is 5.07. The average molecular weight is 311 g/mol. The van der Waals surface area contributed by atoms with E-state index < -0.39 is 15.6 Å². The number of hydrogen-bond donors (Lipinski definition) is 1. The molecule has 1 saturated heterocycles. The van der Waals surface area contributed by atoms with Gasteiger partial charge in [0.05, 0.1) is 10.5 Å². The zero-order valence-corrected chi connectivity index (χ0v) is 14.5. The molecule has 2 rings (SSSR count). The molecule has 0 bridgehead atoms. The molecule has 0 amide bonds. The number of hydrogen-bond acceptors (Lipinski definition) is 3. The minimum atomic E-state index is -3.54. The van der Waals surface area contributed by atoms with Crippen molar-refractivity contribution < 1.29 is 13.5 Å². The fourth-order valence-electron chi connectivity index (χ4n) is 2.80. The number of β-amino-alcohol motifs (C(OH)–C–C–N with tert-alkyl or cyclic N) is 1. The Labute approximate surface area is 127 Å². The van der Waals surface area contributed by atoms with Gasteiger partial charge in [-0.25, -0.2) is 8.42 Å². The molecule has 0 aliphatic carbocycles. The molecule has 1 aliphatic rings. The van der Waals surface area contributed by atoms with E-state index in [-0.39, 0.29) is 19.0 Å². The highest BCUT2D eigenvalue weighted by atomic mass is 32.2. The molecule has 1 heterocycles. The van der Waals surface area contributed by atoms with Crippen LogP contribution in [0.1, 0.15) is 36.1 Å². The molecule has 1 aliphatic heterocycles. The standard InChI is InChI=1S/C16H25NO3S/c1-10(2)16(18)8-17(9-16)21(19,20)15-13(5)11(3)7-12(4)14(15)6/h7,10,18H,8-9H2,1-6H3. The van der Waals surface area contributed by atoms with Crippen molar-refractivity contribution >= 4 is 10.0 Å². The summed E-state index contributed by atoms with van der Waals surface area (Å²) in [6.45, 7) is 11.8. The molecule has 1 aromatic carbocycles. The summed E-state index contributed by atoms with van der Waals surface area (Å²) in [5.41, 5.74) is 2.68. The summed E-state index contributed by atoms with van der Waals surface area (Å²) in [5, 5.41) is 10.3. The molecular formula is C16H25NO3S. The maximum Gasteiger partial charge on any atom is 0.243 e. The van der Waals surface area contributed by atoms with E-state index in [1.54, 1.807) is 0 Å². The van der Waals surface area contributed by atoms with Crippen LogP contribution in [0.25, 0.3) is 0 Å². The van der Waals surface area contributed by atoms with Gasteiger partial charge in [-0.3, -0.25) is 0 Å². The molecule has 21 heavy (non-hydrogen) atoms. The van der Waals surface area contributed by atoms with Crippen molar-refractivity contribution in [3.8, 4) is 0 Å². The van der Waals surface area contributed by atoms with Crippen LogP contribution in [0.15, 0.2) is 11.0 Å². The molecule has 0 unspecified atom stereocenters. The first-order valence-electron chi connectivity index (χ1n) is 7.30. The van der Waals surface area contributed by atoms with Crippen molar-refractivity contribution in [2.45, 2.75) is 52.0 Å². The van der Waals surface area contributed by atoms with Crippen molar-refractivity contribution in [2.75, 3.05) is 13.1 Å². The summed E-state index contributed by atoms with van der Waals surface area (Å²) < 4.78 is 27.2. The highest BCUT2D eigenvalue weighted by molar-refractivity contribution is 7.89. The number of nitrogens with zero attached hydrogens (tertiary/aromatic N) is 1. The van der Waals surface area contributed by atoms with Crippen LogP contribution in [0.3, 0.4) is 0 Å². The van der Waals surface area contributed by atoms with E-state index in [0.29, 0.717) is 4.90 Å². The lowest BCUT2D eigenvalue weighted by atomic mass is 9.85. The van der Waals surface area contributed by atoms with Crippen LogP contribution in [0.2, 0.25) is 0 Å². The lowest BCUT2D eigenvalue weighted by Crippen LogP contribution is -2.65. The van der Waals surface area contributed by atoms with Crippen LogP contribution in [0.4, 0.5) is 0 Å². The molecule has 0 spiro atoms. The van der Waals surface area contributed by atoms with Gasteiger partial charge in [0.1, 0.15) is 0 Å². The van der Waals surface area contributed by atoms with Crippen molar-refractivity contribution in [3.63, 3.8) is 0 Å². The Kier molecular flexibility index (Phi) is 3.98. The van der Waals surface area contributed by atoms with E-state index in [9.17, 15) is 13.5 Å². The van der Waals surface area contributed by atoms with Gasteiger partial charge in [-0.05, 0) is 55.9 Å². The lowest BCUT2D eigenvalue weighted by Gasteiger charge is -2.48. The highest BCUT2D eigenvalue weighted by Crippen LogP contribution is 2.36. The van der Waals surface area contributed by atoms with Gasteiger partial charge in [-0.15, -0.1) is 0 Å². The summed E-state index contributed by atoms with van der Waals surface area (Å²) in [4.78, 5) is 0.408. The molecule has 0 aromatic heterocycles. The van der Waals surface area contributed by atoms with Crippen molar-refractivity contribution in [1.29, 1.82) is 0 Å². The number of sulfonamides is 1. The number of rotatable bonds is 3. The first-order chi connectivity index (χ1) is 9.50. The van der Waals surface area contributed by atoms with E-state index in [2.05, 4.69) is 0 Å². The van der Waals surface area contributed by atoms with Crippen LogP contribution in [-0.2, 0) is 10.0 Å². The monoisotopic (exact) mass is 311 g/mol. The van der Waals surface area contributed by atoms with E-state index in [1.165, 1.54) is 4.31 Å². The predicted molar refractivity (Wildman–Crippen MR) is 83.9 cm³/mol. The van der Waals surface area contributed by atoms with Crippen molar-refractivity contribution in [3.05, 3.63) is 28.3 Å². The van der Waals surface area contributed by atoms with E-state index in [4.69, 9.17) is 0 Å². The first kappa shape index (κ1) is 16.5. The van der Waals surface area contributed by atoms with E-state index in [0.717, 1.165) is 22.3 Å². The largest absolute Gasteiger partial charge is 0.387 e. The third kappa shape index (κ3) is 2.51. The second-order valence-electron chi connectivity index (χ2n) is 6.62. The molecule has 1 N–H and O–H groups in total. The van der Waals surface area contributed by atoms with Gasteiger partial charge in [-0.2, -0.15) is 4.31 Å². The summed E-state index contributed by atoms with van der Waals surface area (Å²) >= 11 is 0. The normalized spacial score (nSPS) is 18.9. The molecule has 5 heteroatoms. The third-order valence-electron chi connectivity index (χ3n) is 4.87. The van der Waals surface area contributed by atoms with E-state index in [1.807, 2.05) is 47.6 Å². The fraction of sp³-hybridized carbons (Fsp3) is 0.625. The number of aryl methyl sites for hydroxylation is 2. The minimum Gasteiger partial charge on any atom is -0.387 e. The zero-order valence-electron chi connectivity index (χ0n) is 13.7. The lowest BCUT2D eigenvalue weighted by molar-refractivity contribution is -0.0932. The molecule has 0 atom stereocenters. The Bertz CT molecular complexity index is 645. The van der Waals surface area contributed by atoms with Gasteiger partial charge in [0, 0.05) is 13.1 Å². The van der Waals surface area contributed by atoms with Crippen molar-refractivity contribution in [2.24, 2.45) is 5.92 Å². The SMILES string of the molecule is Cc1cc(C)c(C)c(S(=O)(=O)N2CC(O)(C(C)C)C2)c1C. The van der Waals surface area contributed by atoms with E-state index >= 15 is 0 Å². The van der Waals surface area contributed by atoms with Gasteiger partial charge in [0.2, 0.25) is 10.0 Å². The Morgan fingerprint density at radius 3 is 1.90 bits per heavy atom. The van der Waals surface area contributed by atoms with Gasteiger partial charge in [0.25, 0.3) is 0 Å². The zero-order chi connectivity index (χ0) is 16.2. The Morgan fingerprint density at radius 2 is 1.52 bits per heavy atom. The van der Waals surface area contributed by atoms with Crippen LogP contribution in [-0.4, -0.2) is 36.5 Å². The quantitative estimate of drug-likeness (QED) is 0.932. The van der Waals surface area contributed by atoms with Crippen LogP contribution >= 0.6 is 0 Å². The van der Waals surface area contributed by atoms with Gasteiger partial charge < -0.3 is 5.11 Å². The molecule has 0 saturated carbocycles. The average Bonchev–Trinajstić information content (AvgIpc) is 2.32. The van der Waals surface area contributed by atoms with Crippen LogP contribution < -0.4 is 0 Å².